The molecule has 26 heavy (non-hydrogen) atoms. The minimum atomic E-state index is 0.123. The molecule has 0 bridgehead atoms. The van der Waals surface area contributed by atoms with Crippen molar-refractivity contribution in [3.8, 4) is 0 Å². The van der Waals surface area contributed by atoms with E-state index < -0.39 is 0 Å². The first-order chi connectivity index (χ1) is 12.6. The van der Waals surface area contributed by atoms with Crippen molar-refractivity contribution < 1.29 is 9.59 Å². The second-order valence-corrected chi connectivity index (χ2v) is 7.67. The van der Waals surface area contributed by atoms with Gasteiger partial charge in [-0.3, -0.25) is 9.59 Å². The lowest BCUT2D eigenvalue weighted by molar-refractivity contribution is -0.121. The summed E-state index contributed by atoms with van der Waals surface area (Å²) in [5, 5.41) is 3.09. The van der Waals surface area contributed by atoms with Crippen LogP contribution in [0.25, 0.3) is 0 Å². The number of nitrogens with one attached hydrogen (secondary N) is 1. The van der Waals surface area contributed by atoms with Gasteiger partial charge in [0.2, 0.25) is 5.91 Å². The fourth-order valence-corrected chi connectivity index (χ4v) is 3.91. The summed E-state index contributed by atoms with van der Waals surface area (Å²) in [7, 11) is 0. The number of hydrogen-bond donors (Lipinski definition) is 1. The van der Waals surface area contributed by atoms with Crippen LogP contribution in [-0.2, 0) is 4.79 Å². The monoisotopic (exact) mass is 357 g/mol. The van der Waals surface area contributed by atoms with E-state index in [1.807, 2.05) is 30.0 Å². The molecule has 2 saturated heterocycles. The molecule has 0 spiro atoms. The van der Waals surface area contributed by atoms with Crippen LogP contribution in [0.3, 0.4) is 0 Å². The van der Waals surface area contributed by atoms with Crippen molar-refractivity contribution in [2.24, 2.45) is 5.92 Å². The normalized spacial score (nSPS) is 19.5. The first kappa shape index (κ1) is 18.7. The van der Waals surface area contributed by atoms with Gasteiger partial charge in [-0.15, -0.1) is 0 Å². The lowest BCUT2D eigenvalue weighted by Gasteiger charge is -2.36. The van der Waals surface area contributed by atoms with Crippen LogP contribution in [0.1, 0.15) is 56.3 Å². The van der Waals surface area contributed by atoms with E-state index in [0.29, 0.717) is 12.3 Å². The Hall–Kier alpha value is -2.04. The summed E-state index contributed by atoms with van der Waals surface area (Å²) in [6.07, 6.45) is 4.57. The van der Waals surface area contributed by atoms with Gasteiger partial charge < -0.3 is 15.1 Å². The third-order valence-corrected chi connectivity index (χ3v) is 5.73. The maximum atomic E-state index is 13.1. The Kier molecular flexibility index (Phi) is 6.17. The Morgan fingerprint density at radius 3 is 2.35 bits per heavy atom. The number of amides is 2. The minimum Gasteiger partial charge on any atom is -0.371 e. The Morgan fingerprint density at radius 1 is 1.04 bits per heavy atom. The molecule has 0 aliphatic carbocycles. The fourth-order valence-electron chi connectivity index (χ4n) is 3.91. The number of hydrogen-bond acceptors (Lipinski definition) is 3. The van der Waals surface area contributed by atoms with Crippen molar-refractivity contribution in [3.05, 3.63) is 29.8 Å². The zero-order valence-corrected chi connectivity index (χ0v) is 16.0. The van der Waals surface area contributed by atoms with E-state index in [0.717, 1.165) is 63.1 Å². The van der Waals surface area contributed by atoms with Crippen LogP contribution < -0.4 is 10.2 Å². The molecule has 2 heterocycles. The van der Waals surface area contributed by atoms with E-state index >= 15 is 0 Å². The molecule has 0 atom stereocenters. The SMILES string of the molecule is CCC(=O)NC1CCN(c2ccccc2C(=O)N2CCC(C)CC2)CC1. The summed E-state index contributed by atoms with van der Waals surface area (Å²) < 4.78 is 0. The molecule has 2 aliphatic heterocycles. The molecule has 1 aromatic carbocycles. The number of carbonyl (C=O) groups is 2. The van der Waals surface area contributed by atoms with Crippen molar-refractivity contribution in [3.63, 3.8) is 0 Å². The second kappa shape index (κ2) is 8.56. The molecular weight excluding hydrogens is 326 g/mol. The highest BCUT2D eigenvalue weighted by Crippen LogP contribution is 2.27. The molecule has 3 rings (SSSR count). The first-order valence-electron chi connectivity index (χ1n) is 10.0. The zero-order chi connectivity index (χ0) is 18.5. The van der Waals surface area contributed by atoms with Gasteiger partial charge in [0, 0.05) is 44.3 Å². The fraction of sp³-hybridized carbons (Fsp3) is 0.619. The third-order valence-electron chi connectivity index (χ3n) is 5.73. The van der Waals surface area contributed by atoms with Gasteiger partial charge in [-0.1, -0.05) is 26.0 Å². The summed E-state index contributed by atoms with van der Waals surface area (Å²) in [5.74, 6) is 0.999. The molecule has 0 saturated carbocycles. The third kappa shape index (κ3) is 4.37. The number of likely N-dealkylation sites (tertiary alicyclic amines) is 1. The molecule has 142 valence electrons. The maximum absolute atomic E-state index is 13.1. The second-order valence-electron chi connectivity index (χ2n) is 7.67. The summed E-state index contributed by atoms with van der Waals surface area (Å²) in [4.78, 5) is 29.0. The van der Waals surface area contributed by atoms with Gasteiger partial charge in [-0.05, 0) is 43.7 Å². The largest absolute Gasteiger partial charge is 0.371 e. The lowest BCUT2D eigenvalue weighted by Crippen LogP contribution is -2.45. The molecular formula is C21H31N3O2. The van der Waals surface area contributed by atoms with Gasteiger partial charge in [-0.2, -0.15) is 0 Å². The average Bonchev–Trinajstić information content (AvgIpc) is 2.68. The van der Waals surface area contributed by atoms with Gasteiger partial charge in [0.15, 0.2) is 0 Å². The molecule has 2 fully saturated rings. The number of carbonyl (C=O) groups excluding carboxylic acids is 2. The van der Waals surface area contributed by atoms with E-state index in [1.165, 1.54) is 0 Å². The number of rotatable bonds is 4. The maximum Gasteiger partial charge on any atom is 0.255 e. The van der Waals surface area contributed by atoms with Crippen LogP contribution in [0, 0.1) is 5.92 Å². The zero-order valence-electron chi connectivity index (χ0n) is 16.0. The Morgan fingerprint density at radius 2 is 1.69 bits per heavy atom. The molecule has 5 nitrogen and oxygen atoms in total. The van der Waals surface area contributed by atoms with Crippen LogP contribution in [-0.4, -0.2) is 48.9 Å². The van der Waals surface area contributed by atoms with Gasteiger partial charge in [0.05, 0.1) is 5.56 Å². The predicted octanol–water partition coefficient (Wildman–Crippen LogP) is 3.05. The van der Waals surface area contributed by atoms with E-state index in [9.17, 15) is 9.59 Å². The van der Waals surface area contributed by atoms with E-state index in [2.05, 4.69) is 23.2 Å². The molecule has 0 unspecified atom stereocenters. The van der Waals surface area contributed by atoms with Crippen molar-refractivity contribution in [2.45, 2.75) is 52.0 Å². The van der Waals surface area contributed by atoms with Crippen molar-refractivity contribution in [2.75, 3.05) is 31.1 Å². The van der Waals surface area contributed by atoms with Crippen molar-refractivity contribution in [1.82, 2.24) is 10.2 Å². The van der Waals surface area contributed by atoms with Crippen LogP contribution in [0.5, 0.6) is 0 Å². The first-order valence-corrected chi connectivity index (χ1v) is 10.0. The Balaban J connectivity index is 1.66. The number of para-hydroxylation sites is 1. The van der Waals surface area contributed by atoms with E-state index in [4.69, 9.17) is 0 Å². The summed E-state index contributed by atoms with van der Waals surface area (Å²) in [6, 6.07) is 8.24. The van der Waals surface area contributed by atoms with E-state index in [-0.39, 0.29) is 17.9 Å². The van der Waals surface area contributed by atoms with E-state index in [1.54, 1.807) is 0 Å². The molecule has 0 radical (unpaired) electrons. The van der Waals surface area contributed by atoms with Gasteiger partial charge in [-0.25, -0.2) is 0 Å². The van der Waals surface area contributed by atoms with Crippen LogP contribution in [0.15, 0.2) is 24.3 Å². The minimum absolute atomic E-state index is 0.123. The van der Waals surface area contributed by atoms with Crippen molar-refractivity contribution >= 4 is 17.5 Å². The summed E-state index contributed by atoms with van der Waals surface area (Å²) in [5.41, 5.74) is 1.86. The molecule has 2 aliphatic rings. The molecule has 0 aromatic heterocycles. The van der Waals surface area contributed by atoms with Crippen LogP contribution >= 0.6 is 0 Å². The van der Waals surface area contributed by atoms with Gasteiger partial charge in [0.25, 0.3) is 5.91 Å². The van der Waals surface area contributed by atoms with Crippen LogP contribution in [0.4, 0.5) is 5.69 Å². The number of anilines is 1. The number of piperidine rings is 2. The highest BCUT2D eigenvalue weighted by molar-refractivity contribution is 6.00. The van der Waals surface area contributed by atoms with Gasteiger partial charge in [0.1, 0.15) is 0 Å². The van der Waals surface area contributed by atoms with Gasteiger partial charge >= 0.3 is 0 Å². The molecule has 1 N–H and O–H groups in total. The highest BCUT2D eigenvalue weighted by Gasteiger charge is 2.27. The molecule has 5 heteroatoms. The van der Waals surface area contributed by atoms with Crippen LogP contribution in [0.2, 0.25) is 0 Å². The lowest BCUT2D eigenvalue weighted by atomic mass is 9.98. The Bertz CT molecular complexity index is 630. The quantitative estimate of drug-likeness (QED) is 0.901. The topological polar surface area (TPSA) is 52.7 Å². The summed E-state index contributed by atoms with van der Waals surface area (Å²) in [6.45, 7) is 7.61. The molecule has 1 aromatic rings. The summed E-state index contributed by atoms with van der Waals surface area (Å²) >= 11 is 0. The number of benzene rings is 1. The molecule has 2 amide bonds. The smallest absolute Gasteiger partial charge is 0.255 e. The average molecular weight is 357 g/mol. The predicted molar refractivity (Wildman–Crippen MR) is 104 cm³/mol. The Labute approximate surface area is 156 Å². The highest BCUT2D eigenvalue weighted by atomic mass is 16.2. The number of nitrogens with zero attached hydrogens (tertiary/aromatic N) is 2. The van der Waals surface area contributed by atoms with Crippen molar-refractivity contribution in [1.29, 1.82) is 0 Å². The standard InChI is InChI=1S/C21H31N3O2/c1-3-20(25)22-17-10-14-23(15-11-17)19-7-5-4-6-18(19)21(26)24-12-8-16(2)9-13-24/h4-7,16-17H,3,8-15H2,1-2H3,(H,22,25).